The molecule has 3 aromatic heterocycles. The number of rotatable bonds is 8. The highest BCUT2D eigenvalue weighted by Crippen LogP contribution is 2.52. The van der Waals surface area contributed by atoms with Crippen LogP contribution in [0.4, 0.5) is 0 Å². The van der Waals surface area contributed by atoms with Crippen LogP contribution in [0, 0.1) is 0 Å². The lowest BCUT2D eigenvalue weighted by atomic mass is 9.81. The molecule has 2 aliphatic carbocycles. The summed E-state index contributed by atoms with van der Waals surface area (Å²) >= 11 is 0. The number of nitrogens with zero attached hydrogens (tertiary/aromatic N) is 6. The van der Waals surface area contributed by atoms with E-state index in [1.807, 2.05) is 6.07 Å². The summed E-state index contributed by atoms with van der Waals surface area (Å²) in [5, 5.41) is 0.952. The van der Waals surface area contributed by atoms with Crippen LogP contribution in [0.1, 0.15) is 49.9 Å². The molecule has 16 rings (SSSR count). The number of imidazole rings is 2. The van der Waals surface area contributed by atoms with Gasteiger partial charge in [0.2, 0.25) is 0 Å². The Morgan fingerprint density at radius 3 is 1.28 bits per heavy atom. The zero-order valence-corrected chi connectivity index (χ0v) is 45.9. The van der Waals surface area contributed by atoms with Crippen LogP contribution in [0.3, 0.4) is 0 Å². The molecule has 0 unspecified atom stereocenters. The van der Waals surface area contributed by atoms with Gasteiger partial charge in [0.05, 0.1) is 33.3 Å². The Balaban J connectivity index is 0.973. The predicted octanol–water partition coefficient (Wildman–Crippen LogP) is 18.9. The molecule has 0 fully saturated rings. The van der Waals surface area contributed by atoms with E-state index in [9.17, 15) is 0 Å². The maximum atomic E-state index is 5.77. The summed E-state index contributed by atoms with van der Waals surface area (Å²) in [6.45, 7) is 9.43. The summed E-state index contributed by atoms with van der Waals surface area (Å²) in [5.41, 5.74) is 25.9. The molecule has 0 radical (unpaired) electrons. The van der Waals surface area contributed by atoms with Gasteiger partial charge in [0, 0.05) is 55.4 Å². The van der Waals surface area contributed by atoms with E-state index < -0.39 is 0 Å². The molecular weight excluding hydrogens is 997 g/mol. The first-order valence-corrected chi connectivity index (χ1v) is 28.3. The van der Waals surface area contributed by atoms with Crippen molar-refractivity contribution in [2.24, 2.45) is 0 Å². The smallest absolute Gasteiger partial charge is 0.160 e. The standard InChI is InChI=1S/C76H54N6/c1-75(2)62-31-19-17-29-56(62)58-37-33-49(43-64(58)75)53-41-60(50-34-38-59-57-30-18-20-32-63(57)76(3,4)65(59)44-50)71-61(42-53)70(51-35-39-68-66(45-51)77-73(47-21-9-5-10-22-47)81(68)54-25-13-7-14-26-54)79-72(80-71)52-36-40-69-67(46-52)78-74(48-23-11-6-12-24-48)82(69)55-27-15-8-16-28-55/h5-46H,1-4H3. The van der Waals surface area contributed by atoms with Gasteiger partial charge >= 0.3 is 0 Å². The Labute approximate surface area is 476 Å². The molecule has 11 aromatic carbocycles. The topological polar surface area (TPSA) is 61.4 Å². The van der Waals surface area contributed by atoms with Crippen molar-refractivity contribution in [2.75, 3.05) is 0 Å². The third kappa shape index (κ3) is 7.34. The van der Waals surface area contributed by atoms with Crippen molar-refractivity contribution in [2.45, 2.75) is 38.5 Å². The van der Waals surface area contributed by atoms with Gasteiger partial charge in [0.1, 0.15) is 11.6 Å². The van der Waals surface area contributed by atoms with Crippen molar-refractivity contribution in [3.63, 3.8) is 0 Å². The highest BCUT2D eigenvalue weighted by molar-refractivity contribution is 6.06. The summed E-state index contributed by atoms with van der Waals surface area (Å²) in [7, 11) is 0. The second-order valence-electron chi connectivity index (χ2n) is 23.0. The van der Waals surface area contributed by atoms with Crippen molar-refractivity contribution in [3.8, 4) is 101 Å². The van der Waals surface area contributed by atoms with Crippen molar-refractivity contribution in [3.05, 3.63) is 277 Å². The number of fused-ring (bicyclic) bond motifs is 9. The number of aromatic nitrogens is 6. The van der Waals surface area contributed by atoms with Crippen molar-refractivity contribution < 1.29 is 0 Å². The highest BCUT2D eigenvalue weighted by atomic mass is 15.1. The Bertz CT molecular complexity index is 4900. The molecule has 2 aliphatic rings. The lowest BCUT2D eigenvalue weighted by molar-refractivity contribution is 0.660. The van der Waals surface area contributed by atoms with Gasteiger partial charge in [-0.25, -0.2) is 19.9 Å². The molecule has 14 aromatic rings. The zero-order valence-electron chi connectivity index (χ0n) is 45.9. The van der Waals surface area contributed by atoms with E-state index in [0.717, 1.165) is 106 Å². The molecule has 0 spiro atoms. The molecule has 0 aliphatic heterocycles. The average Bonchev–Trinajstić information content (AvgIpc) is 3.33. The Morgan fingerprint density at radius 1 is 0.293 bits per heavy atom. The molecule has 82 heavy (non-hydrogen) atoms. The van der Waals surface area contributed by atoms with Gasteiger partial charge in [-0.05, 0) is 140 Å². The quantitative estimate of drug-likeness (QED) is 0.152. The molecule has 0 bridgehead atoms. The van der Waals surface area contributed by atoms with Crippen LogP contribution in [0.5, 0.6) is 0 Å². The van der Waals surface area contributed by atoms with Crippen LogP contribution in [0.15, 0.2) is 255 Å². The van der Waals surface area contributed by atoms with Gasteiger partial charge in [-0.2, -0.15) is 0 Å². The summed E-state index contributed by atoms with van der Waals surface area (Å²) in [4.78, 5) is 22.4. The largest absolute Gasteiger partial charge is 0.292 e. The molecule has 388 valence electrons. The van der Waals surface area contributed by atoms with Crippen molar-refractivity contribution in [1.82, 2.24) is 29.1 Å². The normalized spacial score (nSPS) is 13.6. The second-order valence-corrected chi connectivity index (χ2v) is 23.0. The molecule has 0 amide bonds. The molecule has 0 saturated heterocycles. The summed E-state index contributed by atoms with van der Waals surface area (Å²) in [6, 6.07) is 91.7. The monoisotopic (exact) mass is 1050 g/mol. The lowest BCUT2D eigenvalue weighted by Crippen LogP contribution is -2.15. The summed E-state index contributed by atoms with van der Waals surface area (Å²) < 4.78 is 4.52. The minimum Gasteiger partial charge on any atom is -0.292 e. The fourth-order valence-electron chi connectivity index (χ4n) is 13.4. The molecule has 3 heterocycles. The van der Waals surface area contributed by atoms with Gasteiger partial charge in [0.25, 0.3) is 0 Å². The van der Waals surface area contributed by atoms with Gasteiger partial charge in [-0.15, -0.1) is 0 Å². The molecule has 6 heteroatoms. The maximum absolute atomic E-state index is 5.77. The first kappa shape index (κ1) is 47.7. The molecule has 0 N–H and O–H groups in total. The highest BCUT2D eigenvalue weighted by Gasteiger charge is 2.37. The van der Waals surface area contributed by atoms with Gasteiger partial charge < -0.3 is 0 Å². The third-order valence-electron chi connectivity index (χ3n) is 17.5. The van der Waals surface area contributed by atoms with E-state index in [4.69, 9.17) is 19.9 Å². The number of benzene rings is 11. The van der Waals surface area contributed by atoms with Crippen molar-refractivity contribution in [1.29, 1.82) is 0 Å². The van der Waals surface area contributed by atoms with Crippen LogP contribution in [0.2, 0.25) is 0 Å². The lowest BCUT2D eigenvalue weighted by Gasteiger charge is -2.23. The summed E-state index contributed by atoms with van der Waals surface area (Å²) in [6.07, 6.45) is 0. The van der Waals surface area contributed by atoms with Gasteiger partial charge in [-0.1, -0.05) is 204 Å². The first-order valence-electron chi connectivity index (χ1n) is 28.3. The minimum atomic E-state index is -0.213. The number of hydrogen-bond donors (Lipinski definition) is 0. The van der Waals surface area contributed by atoms with E-state index in [-0.39, 0.29) is 10.8 Å². The van der Waals surface area contributed by atoms with Crippen LogP contribution in [0.25, 0.3) is 134 Å². The van der Waals surface area contributed by atoms with E-state index in [0.29, 0.717) is 5.82 Å². The van der Waals surface area contributed by atoms with Crippen molar-refractivity contribution >= 4 is 33.0 Å². The third-order valence-corrected chi connectivity index (χ3v) is 17.5. The summed E-state index contributed by atoms with van der Waals surface area (Å²) in [5.74, 6) is 2.35. The number of hydrogen-bond acceptors (Lipinski definition) is 4. The first-order chi connectivity index (χ1) is 40.2. The van der Waals surface area contributed by atoms with E-state index in [2.05, 4.69) is 286 Å². The van der Waals surface area contributed by atoms with Crippen LogP contribution >= 0.6 is 0 Å². The fraction of sp³-hybridized carbons (Fsp3) is 0.0789. The van der Waals surface area contributed by atoms with Crippen LogP contribution < -0.4 is 0 Å². The van der Waals surface area contributed by atoms with Crippen LogP contribution in [-0.4, -0.2) is 29.1 Å². The maximum Gasteiger partial charge on any atom is 0.160 e. The second kappa shape index (κ2) is 18.1. The molecule has 0 saturated carbocycles. The average molecular weight is 1050 g/mol. The fourth-order valence-corrected chi connectivity index (χ4v) is 13.4. The van der Waals surface area contributed by atoms with E-state index in [1.54, 1.807) is 0 Å². The van der Waals surface area contributed by atoms with Gasteiger partial charge in [0.15, 0.2) is 5.82 Å². The molecular formula is C76H54N6. The Hall–Kier alpha value is -10.3. The van der Waals surface area contributed by atoms with E-state index in [1.165, 1.54) is 44.5 Å². The van der Waals surface area contributed by atoms with E-state index >= 15 is 0 Å². The van der Waals surface area contributed by atoms with Crippen LogP contribution in [-0.2, 0) is 10.8 Å². The predicted molar refractivity (Wildman–Crippen MR) is 337 cm³/mol. The van der Waals surface area contributed by atoms with Gasteiger partial charge in [-0.3, -0.25) is 9.13 Å². The SMILES string of the molecule is CC1(C)c2ccccc2-c2ccc(-c3cc(-c4ccc5c(c4)C(C)(C)c4ccccc4-5)c4nc(-c5ccc6c(c5)nc(-c5ccccc5)n6-c5ccccc5)nc(-c5ccc6c(c5)nc(-c5ccccc5)n6-c5ccccc5)c4c3)cc21. The Kier molecular flexibility index (Phi) is 10.5. The molecule has 6 nitrogen and oxygen atoms in total. The minimum absolute atomic E-state index is 0.178. The zero-order chi connectivity index (χ0) is 54.8. The number of para-hydroxylation sites is 2. The molecule has 0 atom stereocenters. The Morgan fingerprint density at radius 2 is 0.732 bits per heavy atom.